The molecule has 0 amide bonds. The van der Waals surface area contributed by atoms with Crippen LogP contribution in [0.4, 0.5) is 11.4 Å². The zero-order valence-corrected chi connectivity index (χ0v) is 38.0. The van der Waals surface area contributed by atoms with Crippen LogP contribution in [0.25, 0.3) is 0 Å². The summed E-state index contributed by atoms with van der Waals surface area (Å²) in [5.74, 6) is -1.96. The molecule has 4 rings (SSSR count). The molecule has 0 aromatic heterocycles. The van der Waals surface area contributed by atoms with Crippen molar-refractivity contribution >= 4 is 78.8 Å². The molecule has 0 aliphatic rings. The fourth-order valence-electron chi connectivity index (χ4n) is 4.26. The van der Waals surface area contributed by atoms with E-state index in [1.807, 2.05) is 73.7 Å². The molecule has 0 bridgehead atoms. The normalized spacial score (nSPS) is 10.3. The summed E-state index contributed by atoms with van der Waals surface area (Å²) in [6.45, 7) is 8.37. The first kappa shape index (κ1) is 56.2. The van der Waals surface area contributed by atoms with Gasteiger partial charge in [-0.3, -0.25) is 4.79 Å². The van der Waals surface area contributed by atoms with Gasteiger partial charge in [-0.15, -0.1) is 0 Å². The number of esters is 2. The summed E-state index contributed by atoms with van der Waals surface area (Å²) in [6, 6.07) is 29.6. The number of methoxy groups -OCH3 is 2. The molecule has 3 N–H and O–H groups in total. The van der Waals surface area contributed by atoms with Gasteiger partial charge in [0.05, 0.1) is 25.3 Å². The van der Waals surface area contributed by atoms with Gasteiger partial charge >= 0.3 is 53.4 Å². The zero-order chi connectivity index (χ0) is 44.0. The summed E-state index contributed by atoms with van der Waals surface area (Å²) >= 11 is 11.6. The summed E-state index contributed by atoms with van der Waals surface area (Å²) in [4.78, 5) is 69.8. The van der Waals surface area contributed by atoms with Gasteiger partial charge in [-0.1, -0.05) is 85.6 Å². The van der Waals surface area contributed by atoms with Crippen molar-refractivity contribution in [2.45, 2.75) is 47.5 Å². The predicted octanol–water partition coefficient (Wildman–Crippen LogP) is 4.85. The first-order chi connectivity index (χ1) is 27.5. The molecule has 3 radical (unpaired) electrons. The van der Waals surface area contributed by atoms with E-state index in [9.17, 15) is 28.8 Å². The first-order valence-electron chi connectivity index (χ1n) is 17.5. The maximum Gasteiger partial charge on any atom is 1.00 e. The first-order valence-corrected chi connectivity index (χ1v) is 18.2. The predicted molar refractivity (Wildman–Crippen MR) is 224 cm³/mol. The van der Waals surface area contributed by atoms with Crippen LogP contribution in [0.15, 0.2) is 97.1 Å². The maximum absolute atomic E-state index is 11.7. The van der Waals surface area contributed by atoms with E-state index in [4.69, 9.17) is 33.7 Å². The molecule has 13 nitrogen and oxygen atoms in total. The molecule has 0 aliphatic carbocycles. The average molecular weight is 863 g/mol. The number of ether oxygens (including phenoxy) is 2. The van der Waals surface area contributed by atoms with Gasteiger partial charge < -0.3 is 38.0 Å². The SMILES string of the molecule is CC(=O)OOC(C)=O.CC(C=O)Cc1ccc(Cl)cc1.COC(=O)c1ccccc1N.COC(=O)c1ccccc1NCC(C)Cc1ccc(Cl)cc1.[B-]OC(C)=O.[Na+]. The molecule has 0 saturated carbocycles. The molecule has 0 saturated heterocycles. The van der Waals surface area contributed by atoms with Crippen molar-refractivity contribution in [1.29, 1.82) is 0 Å². The molecule has 0 spiro atoms. The van der Waals surface area contributed by atoms with Gasteiger partial charge in [0.25, 0.3) is 0 Å². The summed E-state index contributed by atoms with van der Waals surface area (Å²) in [7, 11) is 7.04. The largest absolute Gasteiger partial charge is 1.00 e. The van der Waals surface area contributed by atoms with Crippen LogP contribution in [0, 0.1) is 11.8 Å². The number of nitrogens with one attached hydrogen (secondary N) is 1. The molecule has 0 heterocycles. The molecule has 0 fully saturated rings. The van der Waals surface area contributed by atoms with Crippen molar-refractivity contribution in [1.82, 2.24) is 0 Å². The van der Waals surface area contributed by atoms with E-state index < -0.39 is 23.9 Å². The topological polar surface area (TPSA) is 187 Å². The van der Waals surface area contributed by atoms with E-state index in [1.54, 1.807) is 30.3 Å². The van der Waals surface area contributed by atoms with Gasteiger partial charge in [-0.2, -0.15) is 0 Å². The summed E-state index contributed by atoms with van der Waals surface area (Å²) in [6.07, 6.45) is 2.71. The maximum atomic E-state index is 11.7. The van der Waals surface area contributed by atoms with E-state index in [-0.39, 0.29) is 41.4 Å². The molecule has 2 atom stereocenters. The van der Waals surface area contributed by atoms with Gasteiger partial charge in [0.2, 0.25) is 5.97 Å². The number of carbonyl (C=O) groups is 6. The van der Waals surface area contributed by atoms with Crippen molar-refractivity contribution in [2.75, 3.05) is 31.8 Å². The third-order valence-corrected chi connectivity index (χ3v) is 7.49. The van der Waals surface area contributed by atoms with Gasteiger partial charge in [-0.25, -0.2) is 29.0 Å². The van der Waals surface area contributed by atoms with E-state index in [0.717, 1.165) is 60.8 Å². The Morgan fingerprint density at radius 3 is 1.49 bits per heavy atom. The Balaban J connectivity index is 0. The second kappa shape index (κ2) is 33.0. The van der Waals surface area contributed by atoms with Crippen molar-refractivity contribution in [2.24, 2.45) is 11.8 Å². The number of carbonyl (C=O) groups excluding carboxylic acids is 6. The molecule has 4 aromatic carbocycles. The number of hydrogen-bond acceptors (Lipinski definition) is 13. The number of aldehydes is 1. The Kier molecular flexibility index (Phi) is 31.5. The quantitative estimate of drug-likeness (QED) is 0.0551. The number of para-hydroxylation sites is 2. The molecule has 17 heteroatoms. The van der Waals surface area contributed by atoms with Crippen LogP contribution in [-0.2, 0) is 55.9 Å². The van der Waals surface area contributed by atoms with Crippen molar-refractivity contribution in [3.63, 3.8) is 0 Å². The van der Waals surface area contributed by atoms with Crippen molar-refractivity contribution in [3.8, 4) is 0 Å². The Hall–Kier alpha value is -4.86. The number of benzene rings is 4. The number of nitrogens with two attached hydrogens (primary N) is 1. The van der Waals surface area contributed by atoms with E-state index in [1.165, 1.54) is 26.7 Å². The smallest absolute Gasteiger partial charge is 0.793 e. The van der Waals surface area contributed by atoms with Crippen LogP contribution in [0.2, 0.25) is 10.0 Å². The van der Waals surface area contributed by atoms with Gasteiger partial charge in [0.15, 0.2) is 0 Å². The van der Waals surface area contributed by atoms with Crippen LogP contribution in [0.3, 0.4) is 0 Å². The molecule has 4 aromatic rings. The Morgan fingerprint density at radius 1 is 0.678 bits per heavy atom. The zero-order valence-electron chi connectivity index (χ0n) is 34.5. The average Bonchev–Trinajstić information content (AvgIpc) is 3.21. The number of halogens is 2. The summed E-state index contributed by atoms with van der Waals surface area (Å²) < 4.78 is 12.9. The number of nitrogen functional groups attached to an aromatic ring is 1. The Labute approximate surface area is 379 Å². The van der Waals surface area contributed by atoms with Crippen LogP contribution < -0.4 is 40.6 Å². The third-order valence-electron chi connectivity index (χ3n) is 6.98. The number of hydrogen-bond donors (Lipinski definition) is 2. The minimum Gasteiger partial charge on any atom is -0.793 e. The van der Waals surface area contributed by atoms with Crippen LogP contribution in [0.1, 0.15) is 66.5 Å². The summed E-state index contributed by atoms with van der Waals surface area (Å²) in [5.41, 5.74) is 10.1. The Morgan fingerprint density at radius 2 is 1.08 bits per heavy atom. The van der Waals surface area contributed by atoms with Crippen molar-refractivity contribution < 1.29 is 82.2 Å². The van der Waals surface area contributed by atoms with Crippen LogP contribution in [-0.4, -0.2) is 64.9 Å². The van der Waals surface area contributed by atoms with E-state index >= 15 is 0 Å². The minimum atomic E-state index is -0.639. The second-order valence-electron chi connectivity index (χ2n) is 12.1. The minimum absolute atomic E-state index is 0. The van der Waals surface area contributed by atoms with Crippen molar-refractivity contribution in [3.05, 3.63) is 129 Å². The molecule has 2 unspecified atom stereocenters. The molecule has 59 heavy (non-hydrogen) atoms. The second-order valence-corrected chi connectivity index (χ2v) is 13.0. The Bertz CT molecular complexity index is 1850. The monoisotopic (exact) mass is 861 g/mol. The fourth-order valence-corrected chi connectivity index (χ4v) is 4.51. The van der Waals surface area contributed by atoms with Gasteiger partial charge in [0.1, 0.15) is 6.29 Å². The number of rotatable bonds is 10. The molecule has 0 aliphatic heterocycles. The van der Waals surface area contributed by atoms with E-state index in [2.05, 4.69) is 39.5 Å². The third kappa shape index (κ3) is 27.5. The van der Waals surface area contributed by atoms with Gasteiger partial charge in [-0.05, 0) is 78.4 Å². The summed E-state index contributed by atoms with van der Waals surface area (Å²) in [5, 5.41) is 4.82. The van der Waals surface area contributed by atoms with E-state index in [0.29, 0.717) is 22.7 Å². The number of anilines is 2. The standard InChI is InChI=1S/C18H20ClNO2.C10H11ClO.C8H9NO2.C4H6O4.C2H3BO2.Na/c1-13(11-14-7-9-15(19)10-8-14)12-20-17-6-4-3-5-16(17)18(21)22-2;1-8(7-12)6-9-2-4-10(11)5-3-9;1-11-8(10)6-4-2-3-5-7(6)9;1-3(5)7-8-4(2)6;1-2(4)5-3;/h3-10,13,20H,11-12H2,1-2H3;2-5,7-8H,6H2,1H3;2-5H,9H2,1H3;1-2H3;1H3;/q;;;;-1;+1. The fraction of sp³-hybridized carbons (Fsp3) is 0.286. The molecular formula is C42H49BCl2N2NaO11. The molecular weight excluding hydrogens is 813 g/mol. The molecule has 311 valence electrons. The van der Waals surface area contributed by atoms with Crippen LogP contribution >= 0.6 is 23.2 Å². The van der Waals surface area contributed by atoms with Gasteiger partial charge in [0, 0.05) is 54.7 Å². The van der Waals surface area contributed by atoms with Crippen LogP contribution in [0.5, 0.6) is 0 Å².